The Morgan fingerprint density at radius 1 is 1.05 bits per heavy atom. The van der Waals surface area contributed by atoms with Gasteiger partial charge in [-0.15, -0.1) is 0 Å². The monoisotopic (exact) mass is 611 g/mol. The van der Waals surface area contributed by atoms with Gasteiger partial charge in [-0.05, 0) is 92.2 Å². The molecule has 5 rings (SSSR count). The molecule has 6 nitrogen and oxygen atoms in total. The summed E-state index contributed by atoms with van der Waals surface area (Å²) >= 11 is 0. The Labute approximate surface area is 252 Å². The summed E-state index contributed by atoms with van der Waals surface area (Å²) in [6.07, 6.45) is 7.62. The maximum Gasteiger partial charge on any atom is 0.250 e. The topological polar surface area (TPSA) is 56.6 Å². The van der Waals surface area contributed by atoms with Gasteiger partial charge in [0.1, 0.15) is 5.75 Å². The van der Waals surface area contributed by atoms with Crippen molar-refractivity contribution in [2.45, 2.75) is 89.7 Å². The number of imidazole rings is 1. The molecule has 2 saturated heterocycles. The summed E-state index contributed by atoms with van der Waals surface area (Å²) < 4.78 is 57.6. The predicted octanol–water partition coefficient (Wildman–Crippen LogP) is 7.91. The molecule has 0 unspecified atom stereocenters. The number of aryl methyl sites for hydroxylation is 1. The minimum Gasteiger partial charge on any atom is -0.495 e. The van der Waals surface area contributed by atoms with Crippen molar-refractivity contribution in [3.8, 4) is 11.4 Å². The fourth-order valence-electron chi connectivity index (χ4n) is 5.92. The van der Waals surface area contributed by atoms with E-state index in [0.29, 0.717) is 37.0 Å². The van der Waals surface area contributed by atoms with Crippen molar-refractivity contribution in [3.63, 3.8) is 0 Å². The van der Waals surface area contributed by atoms with Crippen LogP contribution in [0.15, 0.2) is 48.4 Å². The normalized spacial score (nSPS) is 22.2. The molecular formula is C33H40F3N3O3Si. The predicted molar refractivity (Wildman–Crippen MR) is 163 cm³/mol. The number of nitrogens with zero attached hydrogens (tertiary/aromatic N) is 3. The molecule has 3 heterocycles. The zero-order valence-electron chi connectivity index (χ0n) is 25.9. The molecule has 0 saturated carbocycles. The average Bonchev–Trinajstić information content (AvgIpc) is 3.38. The van der Waals surface area contributed by atoms with Gasteiger partial charge in [0.25, 0.3) is 5.91 Å². The first-order chi connectivity index (χ1) is 20.2. The Kier molecular flexibility index (Phi) is 8.39. The van der Waals surface area contributed by atoms with E-state index in [1.807, 2.05) is 42.0 Å². The number of carbonyl (C=O) groups is 1. The SMILES string of the molecule is COc1cc(C=C2CC[C@@H]3CC[C@H](O[Si](C)(C)C(C)(C)C)[C@@H](c4cc(F)c(F)c(F)c4)N3C2=O)ccc1-n1cnc(C)c1. The van der Waals surface area contributed by atoms with Crippen molar-refractivity contribution in [3.05, 3.63) is 82.7 Å². The molecule has 3 atom stereocenters. The fourth-order valence-corrected chi connectivity index (χ4v) is 7.27. The molecule has 1 aromatic heterocycles. The third kappa shape index (κ3) is 6.04. The van der Waals surface area contributed by atoms with E-state index in [1.165, 1.54) is 0 Å². The smallest absolute Gasteiger partial charge is 0.250 e. The first-order valence-corrected chi connectivity index (χ1v) is 17.7. The summed E-state index contributed by atoms with van der Waals surface area (Å²) in [5, 5.41) is -0.120. The minimum absolute atomic E-state index is 0.119. The number of benzene rings is 2. The highest BCUT2D eigenvalue weighted by Crippen LogP contribution is 2.46. The number of rotatable bonds is 6. The molecule has 0 spiro atoms. The van der Waals surface area contributed by atoms with Gasteiger partial charge >= 0.3 is 0 Å². The number of hydrogen-bond donors (Lipinski definition) is 0. The van der Waals surface area contributed by atoms with E-state index < -0.39 is 37.9 Å². The molecule has 230 valence electrons. The summed E-state index contributed by atoms with van der Waals surface area (Å²) in [5.74, 6) is -3.65. The number of piperidine rings is 2. The summed E-state index contributed by atoms with van der Waals surface area (Å²) in [4.78, 5) is 20.3. The summed E-state index contributed by atoms with van der Waals surface area (Å²) in [6, 6.07) is 6.86. The van der Waals surface area contributed by atoms with E-state index in [4.69, 9.17) is 9.16 Å². The lowest BCUT2D eigenvalue weighted by atomic mass is 9.82. The second kappa shape index (κ2) is 11.6. The minimum atomic E-state index is -2.34. The number of aromatic nitrogens is 2. The van der Waals surface area contributed by atoms with Crippen LogP contribution in [-0.4, -0.2) is 47.9 Å². The number of amides is 1. The molecule has 2 aliphatic rings. The highest BCUT2D eigenvalue weighted by Gasteiger charge is 2.48. The van der Waals surface area contributed by atoms with Gasteiger partial charge in [-0.3, -0.25) is 4.79 Å². The number of carbonyl (C=O) groups excluding carboxylic acids is 1. The van der Waals surface area contributed by atoms with Crippen LogP contribution >= 0.6 is 0 Å². The maximum atomic E-state index is 14.6. The second-order valence-corrected chi connectivity index (χ2v) is 17.9. The van der Waals surface area contributed by atoms with E-state index in [-0.39, 0.29) is 22.6 Å². The van der Waals surface area contributed by atoms with Crippen LogP contribution in [0.1, 0.15) is 69.3 Å². The highest BCUT2D eigenvalue weighted by atomic mass is 28.4. The van der Waals surface area contributed by atoms with Crippen LogP contribution in [0.3, 0.4) is 0 Å². The zero-order valence-corrected chi connectivity index (χ0v) is 26.9. The second-order valence-electron chi connectivity index (χ2n) is 13.2. The first kappa shape index (κ1) is 31.1. The van der Waals surface area contributed by atoms with Gasteiger partial charge in [0.2, 0.25) is 0 Å². The Morgan fingerprint density at radius 3 is 2.35 bits per heavy atom. The fraction of sp³-hybridized carbons (Fsp3) is 0.455. The van der Waals surface area contributed by atoms with Gasteiger partial charge in [-0.25, -0.2) is 18.2 Å². The van der Waals surface area contributed by atoms with Crippen LogP contribution in [0.5, 0.6) is 5.75 Å². The van der Waals surface area contributed by atoms with Gasteiger partial charge in [-0.2, -0.15) is 0 Å². The van der Waals surface area contributed by atoms with E-state index in [2.05, 4.69) is 38.8 Å². The standard InChI is InChI=1S/C33H40F3N3O3Si/c1-20-18-38(19-37-20)27-12-8-21(15-29(27)41-5)14-22-9-10-24-11-13-28(42-43(6,7)33(2,3)4)31(39(24)32(22)40)23-16-25(34)30(36)26(35)17-23/h8,12,14-19,24,28,31H,9-11,13H2,1-7H3/t24-,28+,31-/m1/s1. The van der Waals surface area contributed by atoms with Gasteiger partial charge in [0.05, 0.1) is 37.0 Å². The molecule has 43 heavy (non-hydrogen) atoms. The Bertz CT molecular complexity index is 1540. The molecule has 0 aliphatic carbocycles. The Hall–Kier alpha value is -3.37. The maximum absolute atomic E-state index is 14.6. The summed E-state index contributed by atoms with van der Waals surface area (Å²) in [7, 11) is -0.744. The summed E-state index contributed by atoms with van der Waals surface area (Å²) in [6.45, 7) is 12.5. The quantitative estimate of drug-likeness (QED) is 0.162. The number of hydrogen-bond acceptors (Lipinski definition) is 4. The highest BCUT2D eigenvalue weighted by molar-refractivity contribution is 6.74. The lowest BCUT2D eigenvalue weighted by molar-refractivity contribution is -0.141. The van der Waals surface area contributed by atoms with Crippen molar-refractivity contribution in [1.29, 1.82) is 0 Å². The van der Waals surface area contributed by atoms with E-state index >= 15 is 0 Å². The third-order valence-electron chi connectivity index (χ3n) is 9.22. The largest absolute Gasteiger partial charge is 0.495 e. The third-order valence-corrected chi connectivity index (χ3v) is 13.7. The van der Waals surface area contributed by atoms with Crippen molar-refractivity contribution in [2.75, 3.05) is 7.11 Å². The Balaban J connectivity index is 1.53. The molecule has 0 N–H and O–H groups in total. The van der Waals surface area contributed by atoms with Gasteiger partial charge < -0.3 is 18.6 Å². The molecule has 0 bridgehead atoms. The molecule has 2 aromatic carbocycles. The first-order valence-electron chi connectivity index (χ1n) is 14.7. The lowest BCUT2D eigenvalue weighted by Gasteiger charge is -2.51. The van der Waals surface area contributed by atoms with Crippen LogP contribution in [0, 0.1) is 24.4 Å². The van der Waals surface area contributed by atoms with Gasteiger partial charge in [0.15, 0.2) is 25.8 Å². The van der Waals surface area contributed by atoms with E-state index in [1.54, 1.807) is 18.3 Å². The van der Waals surface area contributed by atoms with E-state index in [0.717, 1.165) is 29.1 Å². The van der Waals surface area contributed by atoms with Crippen LogP contribution in [-0.2, 0) is 9.22 Å². The molecule has 2 aliphatic heterocycles. The van der Waals surface area contributed by atoms with Crippen LogP contribution in [0.2, 0.25) is 18.1 Å². The van der Waals surface area contributed by atoms with Crippen molar-refractivity contribution >= 4 is 20.3 Å². The van der Waals surface area contributed by atoms with E-state index in [9.17, 15) is 18.0 Å². The van der Waals surface area contributed by atoms with Crippen molar-refractivity contribution < 1.29 is 27.1 Å². The molecule has 2 fully saturated rings. The van der Waals surface area contributed by atoms with Gasteiger partial charge in [0, 0.05) is 17.8 Å². The average molecular weight is 612 g/mol. The van der Waals surface area contributed by atoms with Crippen LogP contribution < -0.4 is 4.74 Å². The van der Waals surface area contributed by atoms with Crippen molar-refractivity contribution in [1.82, 2.24) is 14.5 Å². The number of ether oxygens (including phenoxy) is 1. The Morgan fingerprint density at radius 2 is 1.74 bits per heavy atom. The molecular weight excluding hydrogens is 571 g/mol. The van der Waals surface area contributed by atoms with Gasteiger partial charge in [-0.1, -0.05) is 26.8 Å². The number of fused-ring (bicyclic) bond motifs is 1. The molecule has 0 radical (unpaired) electrons. The van der Waals surface area contributed by atoms with Crippen LogP contribution in [0.25, 0.3) is 11.8 Å². The molecule has 1 amide bonds. The zero-order chi connectivity index (χ0) is 31.3. The van der Waals surface area contributed by atoms with Crippen LogP contribution in [0.4, 0.5) is 13.2 Å². The number of halogens is 3. The number of methoxy groups -OCH3 is 1. The molecule has 10 heteroatoms. The molecule has 3 aromatic rings. The van der Waals surface area contributed by atoms with Crippen molar-refractivity contribution in [2.24, 2.45) is 0 Å². The lowest BCUT2D eigenvalue weighted by Crippen LogP contribution is -2.56. The summed E-state index contributed by atoms with van der Waals surface area (Å²) in [5.41, 5.74) is 3.29.